The second-order valence-electron chi connectivity index (χ2n) is 7.25. The maximum Gasteiger partial charge on any atom is 0.249 e. The summed E-state index contributed by atoms with van der Waals surface area (Å²) < 4.78 is 1.60. The Morgan fingerprint density at radius 2 is 2.19 bits per heavy atom. The first-order valence-electron chi connectivity index (χ1n) is 9.43. The van der Waals surface area contributed by atoms with Crippen LogP contribution in [0.25, 0.3) is 0 Å². The summed E-state index contributed by atoms with van der Waals surface area (Å²) in [6, 6.07) is 6.92. The maximum atomic E-state index is 12.7. The monoisotopic (exact) mass is 368 g/mol. The van der Waals surface area contributed by atoms with Crippen molar-refractivity contribution >= 4 is 23.2 Å². The quantitative estimate of drug-likeness (QED) is 0.803. The fourth-order valence-electron chi connectivity index (χ4n) is 3.46. The van der Waals surface area contributed by atoms with E-state index >= 15 is 0 Å². The van der Waals surface area contributed by atoms with E-state index < -0.39 is 6.04 Å². The number of hydrogen-bond donors (Lipinski definition) is 2. The fourth-order valence-corrected chi connectivity index (χ4v) is 3.46. The summed E-state index contributed by atoms with van der Waals surface area (Å²) in [5.41, 5.74) is 2.30. The number of aromatic nitrogens is 3. The standard InChI is InChI=1S/C19H24N6O2/c1-13(25-12-15(22-23-25)9-14-10-20-11-14)19(27)21-16-5-2-3-6-17(16)24-8-4-7-18(24)26/h2-3,5-6,12-14,20H,4,7-11H2,1H3,(H,21,27). The van der Waals surface area contributed by atoms with Gasteiger partial charge in [-0.05, 0) is 50.9 Å². The molecule has 142 valence electrons. The Bertz CT molecular complexity index is 844. The zero-order valence-electron chi connectivity index (χ0n) is 15.4. The van der Waals surface area contributed by atoms with Crippen LogP contribution in [0.4, 0.5) is 11.4 Å². The molecule has 4 rings (SSSR count). The first-order valence-corrected chi connectivity index (χ1v) is 9.43. The molecule has 3 heterocycles. The second-order valence-corrected chi connectivity index (χ2v) is 7.25. The molecule has 2 amide bonds. The lowest BCUT2D eigenvalue weighted by molar-refractivity contribution is -0.119. The third kappa shape index (κ3) is 3.71. The molecule has 0 saturated carbocycles. The number of anilines is 2. The molecule has 2 aliphatic rings. The van der Waals surface area contributed by atoms with Crippen molar-refractivity contribution in [3.8, 4) is 0 Å². The molecular weight excluding hydrogens is 344 g/mol. The van der Waals surface area contributed by atoms with Gasteiger partial charge in [-0.25, -0.2) is 4.68 Å². The van der Waals surface area contributed by atoms with Gasteiger partial charge >= 0.3 is 0 Å². The minimum atomic E-state index is -0.492. The predicted octanol–water partition coefficient (Wildman–Crippen LogP) is 1.37. The number of nitrogens with one attached hydrogen (secondary N) is 2. The van der Waals surface area contributed by atoms with Crippen molar-refractivity contribution < 1.29 is 9.59 Å². The molecule has 1 aromatic heterocycles. The first kappa shape index (κ1) is 17.7. The smallest absolute Gasteiger partial charge is 0.249 e. The third-order valence-electron chi connectivity index (χ3n) is 5.22. The number of benzene rings is 1. The van der Waals surface area contributed by atoms with Crippen LogP contribution in [0.1, 0.15) is 31.5 Å². The lowest BCUT2D eigenvalue weighted by Crippen LogP contribution is -2.43. The van der Waals surface area contributed by atoms with E-state index in [2.05, 4.69) is 20.9 Å². The van der Waals surface area contributed by atoms with Crippen molar-refractivity contribution in [1.82, 2.24) is 20.3 Å². The highest BCUT2D eigenvalue weighted by Crippen LogP contribution is 2.29. The van der Waals surface area contributed by atoms with Crippen molar-refractivity contribution in [2.75, 3.05) is 29.9 Å². The molecule has 8 nitrogen and oxygen atoms in total. The van der Waals surface area contributed by atoms with E-state index in [0.717, 1.165) is 37.3 Å². The summed E-state index contributed by atoms with van der Waals surface area (Å²) in [6.07, 6.45) is 4.12. The van der Waals surface area contributed by atoms with E-state index in [1.807, 2.05) is 30.5 Å². The molecule has 1 unspecified atom stereocenters. The number of carbonyl (C=O) groups is 2. The van der Waals surface area contributed by atoms with Crippen molar-refractivity contribution in [3.05, 3.63) is 36.2 Å². The van der Waals surface area contributed by atoms with E-state index in [-0.39, 0.29) is 11.8 Å². The second kappa shape index (κ2) is 7.48. The summed E-state index contributed by atoms with van der Waals surface area (Å²) in [7, 11) is 0. The van der Waals surface area contributed by atoms with E-state index in [1.54, 1.807) is 16.5 Å². The van der Waals surface area contributed by atoms with Gasteiger partial charge in [-0.2, -0.15) is 0 Å². The Kier molecular flexibility index (Phi) is 4.89. The zero-order valence-corrected chi connectivity index (χ0v) is 15.4. The number of carbonyl (C=O) groups excluding carboxylic acids is 2. The largest absolute Gasteiger partial charge is 0.322 e. The average Bonchev–Trinajstić information content (AvgIpc) is 3.27. The van der Waals surface area contributed by atoms with Gasteiger partial charge in [-0.15, -0.1) is 5.10 Å². The van der Waals surface area contributed by atoms with Crippen molar-refractivity contribution in [2.45, 2.75) is 32.2 Å². The van der Waals surface area contributed by atoms with Gasteiger partial charge in [-0.3, -0.25) is 9.59 Å². The lowest BCUT2D eigenvalue weighted by atomic mass is 9.98. The molecule has 0 aliphatic carbocycles. The summed E-state index contributed by atoms with van der Waals surface area (Å²) >= 11 is 0. The summed E-state index contributed by atoms with van der Waals surface area (Å²) in [5.74, 6) is 0.510. The Labute approximate surface area is 157 Å². The highest BCUT2D eigenvalue weighted by molar-refractivity contribution is 6.02. The van der Waals surface area contributed by atoms with Crippen LogP contribution in [0.15, 0.2) is 30.5 Å². The average molecular weight is 368 g/mol. The van der Waals surface area contributed by atoms with Crippen molar-refractivity contribution in [3.63, 3.8) is 0 Å². The SMILES string of the molecule is CC(C(=O)Nc1ccccc1N1CCCC1=O)n1cc(CC2CNC2)nn1. The number of hydrogen-bond acceptors (Lipinski definition) is 5. The number of para-hydroxylation sites is 2. The Balaban J connectivity index is 1.45. The highest BCUT2D eigenvalue weighted by Gasteiger charge is 2.25. The van der Waals surface area contributed by atoms with Crippen LogP contribution in [0, 0.1) is 5.92 Å². The normalized spacial score (nSPS) is 18.4. The van der Waals surface area contributed by atoms with Gasteiger partial charge in [0.2, 0.25) is 11.8 Å². The highest BCUT2D eigenvalue weighted by atomic mass is 16.2. The summed E-state index contributed by atoms with van der Waals surface area (Å²) in [5, 5.41) is 14.5. The third-order valence-corrected chi connectivity index (χ3v) is 5.22. The van der Waals surface area contributed by atoms with Gasteiger partial charge in [0, 0.05) is 19.2 Å². The molecule has 1 aromatic carbocycles. The molecule has 2 saturated heterocycles. The molecule has 2 aliphatic heterocycles. The van der Waals surface area contributed by atoms with Crippen molar-refractivity contribution in [1.29, 1.82) is 0 Å². The molecule has 8 heteroatoms. The molecule has 2 N–H and O–H groups in total. The molecule has 1 atom stereocenters. The maximum absolute atomic E-state index is 12.7. The minimum Gasteiger partial charge on any atom is -0.322 e. The molecule has 2 aromatic rings. The number of nitrogens with zero attached hydrogens (tertiary/aromatic N) is 4. The Morgan fingerprint density at radius 3 is 2.89 bits per heavy atom. The fraction of sp³-hybridized carbons (Fsp3) is 0.474. The van der Waals surface area contributed by atoms with Gasteiger partial charge < -0.3 is 15.5 Å². The van der Waals surface area contributed by atoms with Crippen LogP contribution >= 0.6 is 0 Å². The van der Waals surface area contributed by atoms with Crippen LogP contribution in [-0.4, -0.2) is 46.4 Å². The molecular formula is C19H24N6O2. The van der Waals surface area contributed by atoms with Crippen LogP contribution in [0.3, 0.4) is 0 Å². The van der Waals surface area contributed by atoms with Gasteiger partial charge in [0.1, 0.15) is 6.04 Å². The molecule has 0 radical (unpaired) electrons. The summed E-state index contributed by atoms with van der Waals surface area (Å²) in [4.78, 5) is 26.6. The first-order chi connectivity index (χ1) is 13.1. The van der Waals surface area contributed by atoms with Gasteiger partial charge in [-0.1, -0.05) is 17.3 Å². The molecule has 27 heavy (non-hydrogen) atoms. The topological polar surface area (TPSA) is 92.2 Å². The Morgan fingerprint density at radius 1 is 1.37 bits per heavy atom. The molecule has 0 spiro atoms. The van der Waals surface area contributed by atoms with Crippen LogP contribution in [0.5, 0.6) is 0 Å². The van der Waals surface area contributed by atoms with E-state index in [1.165, 1.54) is 0 Å². The van der Waals surface area contributed by atoms with Crippen LogP contribution in [0.2, 0.25) is 0 Å². The van der Waals surface area contributed by atoms with Gasteiger partial charge in [0.15, 0.2) is 0 Å². The molecule has 0 bridgehead atoms. The Hall–Kier alpha value is -2.74. The lowest BCUT2D eigenvalue weighted by Gasteiger charge is -2.25. The van der Waals surface area contributed by atoms with Crippen LogP contribution in [-0.2, 0) is 16.0 Å². The van der Waals surface area contributed by atoms with E-state index in [4.69, 9.17) is 0 Å². The van der Waals surface area contributed by atoms with Gasteiger partial charge in [0.05, 0.1) is 17.1 Å². The van der Waals surface area contributed by atoms with Crippen molar-refractivity contribution in [2.24, 2.45) is 5.92 Å². The zero-order chi connectivity index (χ0) is 18.8. The number of rotatable bonds is 6. The summed E-state index contributed by atoms with van der Waals surface area (Å²) in [6.45, 7) is 4.50. The van der Waals surface area contributed by atoms with Gasteiger partial charge in [0.25, 0.3) is 0 Å². The molecule has 2 fully saturated rings. The number of amides is 2. The van der Waals surface area contributed by atoms with E-state index in [0.29, 0.717) is 24.6 Å². The predicted molar refractivity (Wildman–Crippen MR) is 101 cm³/mol. The van der Waals surface area contributed by atoms with E-state index in [9.17, 15) is 9.59 Å². The van der Waals surface area contributed by atoms with Crippen LogP contribution < -0.4 is 15.5 Å². The minimum absolute atomic E-state index is 0.0937.